The summed E-state index contributed by atoms with van der Waals surface area (Å²) in [5, 5.41) is 1.14. The van der Waals surface area contributed by atoms with E-state index in [2.05, 4.69) is 38.0 Å². The maximum Gasteiger partial charge on any atom is 0.0725 e. The maximum atomic E-state index is 4.64. The summed E-state index contributed by atoms with van der Waals surface area (Å²) >= 11 is 3.46. The van der Waals surface area contributed by atoms with E-state index in [9.17, 15) is 0 Å². The van der Waals surface area contributed by atoms with Gasteiger partial charge in [-0.1, -0.05) is 28.1 Å². The first kappa shape index (κ1) is 10.4. The number of nitrogens with zero attached hydrogens (tertiary/aromatic N) is 2. The highest BCUT2D eigenvalue weighted by atomic mass is 79.9. The van der Waals surface area contributed by atoms with E-state index in [0.717, 1.165) is 26.6 Å². The molecule has 0 fully saturated rings. The zero-order valence-corrected chi connectivity index (χ0v) is 10.6. The quantitative estimate of drug-likeness (QED) is 0.673. The number of halogens is 1. The molecule has 3 aromatic rings. The van der Waals surface area contributed by atoms with Crippen molar-refractivity contribution in [1.82, 2.24) is 9.97 Å². The molecule has 0 bridgehead atoms. The predicted molar refractivity (Wildman–Crippen MR) is 72.7 cm³/mol. The molecule has 3 heteroatoms. The summed E-state index contributed by atoms with van der Waals surface area (Å²) in [4.78, 5) is 8.75. The van der Waals surface area contributed by atoms with Gasteiger partial charge < -0.3 is 0 Å². The molecule has 0 N–H and O–H groups in total. The van der Waals surface area contributed by atoms with E-state index in [1.807, 2.05) is 36.5 Å². The van der Waals surface area contributed by atoms with Gasteiger partial charge in [0.2, 0.25) is 0 Å². The minimum Gasteiger partial charge on any atom is -0.264 e. The predicted octanol–water partition coefficient (Wildman–Crippen LogP) is 4.06. The monoisotopic (exact) mass is 284 g/mol. The van der Waals surface area contributed by atoms with Crippen LogP contribution in [0.25, 0.3) is 22.2 Å². The van der Waals surface area contributed by atoms with Crippen LogP contribution in [-0.4, -0.2) is 9.97 Å². The number of fused-ring (bicyclic) bond motifs is 1. The van der Waals surface area contributed by atoms with Gasteiger partial charge in [0, 0.05) is 27.8 Å². The summed E-state index contributed by atoms with van der Waals surface area (Å²) in [6.45, 7) is 0. The van der Waals surface area contributed by atoms with E-state index in [1.165, 1.54) is 0 Å². The van der Waals surface area contributed by atoms with Crippen LogP contribution < -0.4 is 0 Å². The fraction of sp³-hybridized carbons (Fsp3) is 0. The molecule has 0 aliphatic rings. The van der Waals surface area contributed by atoms with Gasteiger partial charge in [-0.05, 0) is 30.3 Å². The molecule has 2 nitrogen and oxygen atoms in total. The summed E-state index contributed by atoms with van der Waals surface area (Å²) in [5.74, 6) is 0. The molecule has 0 amide bonds. The van der Waals surface area contributed by atoms with E-state index in [1.54, 1.807) is 6.20 Å². The van der Waals surface area contributed by atoms with Crippen LogP contribution in [0.4, 0.5) is 0 Å². The Labute approximate surface area is 107 Å². The Balaban J connectivity index is 2.19. The summed E-state index contributed by atoms with van der Waals surface area (Å²) < 4.78 is 1.04. The molecule has 82 valence electrons. The van der Waals surface area contributed by atoms with Crippen molar-refractivity contribution in [3.05, 3.63) is 59.3 Å². The van der Waals surface area contributed by atoms with Crippen LogP contribution in [0.2, 0.25) is 0 Å². The molecule has 0 aliphatic heterocycles. The van der Waals surface area contributed by atoms with Gasteiger partial charge >= 0.3 is 0 Å². The molecule has 0 spiro atoms. The lowest BCUT2D eigenvalue weighted by molar-refractivity contribution is 1.30. The van der Waals surface area contributed by atoms with Crippen molar-refractivity contribution in [2.24, 2.45) is 0 Å². The van der Waals surface area contributed by atoms with Crippen LogP contribution in [0.1, 0.15) is 0 Å². The molecule has 0 radical (unpaired) electrons. The van der Waals surface area contributed by atoms with Crippen LogP contribution >= 0.6 is 15.9 Å². The van der Waals surface area contributed by atoms with E-state index >= 15 is 0 Å². The largest absolute Gasteiger partial charge is 0.264 e. The zero-order chi connectivity index (χ0) is 11.7. The molecule has 3 rings (SSSR count). The zero-order valence-electron chi connectivity index (χ0n) is 8.97. The molecule has 1 aromatic carbocycles. The van der Waals surface area contributed by atoms with Crippen molar-refractivity contribution < 1.29 is 0 Å². The third-order valence-corrected chi connectivity index (χ3v) is 3.10. The van der Waals surface area contributed by atoms with E-state index < -0.39 is 0 Å². The van der Waals surface area contributed by atoms with Gasteiger partial charge in [-0.25, -0.2) is 4.98 Å². The van der Waals surface area contributed by atoms with Crippen LogP contribution in [-0.2, 0) is 0 Å². The number of hydrogen-bond donors (Lipinski definition) is 0. The molecule has 0 saturated carbocycles. The van der Waals surface area contributed by atoms with Crippen LogP contribution in [0.15, 0.2) is 59.3 Å². The molecule has 2 aromatic heterocycles. The van der Waals surface area contributed by atoms with E-state index in [4.69, 9.17) is 0 Å². The SMILES string of the molecule is Brc1ccc2ccc(-c3cccnc3)nc2c1. The number of hydrogen-bond acceptors (Lipinski definition) is 2. The Hall–Kier alpha value is -1.74. The van der Waals surface area contributed by atoms with Gasteiger partial charge in [-0.3, -0.25) is 4.98 Å². The second-order valence-corrected chi connectivity index (χ2v) is 4.69. The van der Waals surface area contributed by atoms with E-state index in [0.29, 0.717) is 0 Å². The Morgan fingerprint density at radius 1 is 1.00 bits per heavy atom. The van der Waals surface area contributed by atoms with Crippen molar-refractivity contribution in [3.63, 3.8) is 0 Å². The highest BCUT2D eigenvalue weighted by Gasteiger charge is 2.01. The first-order valence-corrected chi connectivity index (χ1v) is 6.09. The first-order valence-electron chi connectivity index (χ1n) is 5.30. The second-order valence-electron chi connectivity index (χ2n) is 3.78. The average Bonchev–Trinajstić information content (AvgIpc) is 2.39. The molecule has 2 heterocycles. The minimum atomic E-state index is 0.948. The smallest absolute Gasteiger partial charge is 0.0725 e. The molecular formula is C14H9BrN2. The Kier molecular flexibility index (Phi) is 2.61. The highest BCUT2D eigenvalue weighted by molar-refractivity contribution is 9.10. The van der Waals surface area contributed by atoms with Crippen LogP contribution in [0.5, 0.6) is 0 Å². The van der Waals surface area contributed by atoms with Crippen molar-refractivity contribution in [2.45, 2.75) is 0 Å². The van der Waals surface area contributed by atoms with Crippen LogP contribution in [0.3, 0.4) is 0 Å². The molecule has 0 atom stereocenters. The van der Waals surface area contributed by atoms with Gasteiger partial charge in [0.1, 0.15) is 0 Å². The van der Waals surface area contributed by atoms with Crippen molar-refractivity contribution in [1.29, 1.82) is 0 Å². The summed E-state index contributed by atoms with van der Waals surface area (Å²) in [7, 11) is 0. The van der Waals surface area contributed by atoms with Gasteiger partial charge in [-0.15, -0.1) is 0 Å². The molecule has 0 saturated heterocycles. The van der Waals surface area contributed by atoms with Gasteiger partial charge in [0.05, 0.1) is 11.2 Å². The van der Waals surface area contributed by atoms with Crippen molar-refractivity contribution in [3.8, 4) is 11.3 Å². The van der Waals surface area contributed by atoms with Gasteiger partial charge in [0.15, 0.2) is 0 Å². The fourth-order valence-corrected chi connectivity index (χ4v) is 2.11. The third-order valence-electron chi connectivity index (χ3n) is 2.61. The lowest BCUT2D eigenvalue weighted by atomic mass is 10.1. The van der Waals surface area contributed by atoms with Crippen molar-refractivity contribution >= 4 is 26.8 Å². The lowest BCUT2D eigenvalue weighted by Gasteiger charge is -2.03. The summed E-state index contributed by atoms with van der Waals surface area (Å²) in [6, 6.07) is 14.1. The maximum absolute atomic E-state index is 4.64. The van der Waals surface area contributed by atoms with Gasteiger partial charge in [0.25, 0.3) is 0 Å². The Morgan fingerprint density at radius 3 is 2.71 bits per heavy atom. The normalized spacial score (nSPS) is 10.6. The first-order chi connectivity index (χ1) is 8.33. The summed E-state index contributed by atoms with van der Waals surface area (Å²) in [6.07, 6.45) is 3.59. The fourth-order valence-electron chi connectivity index (χ4n) is 1.77. The molecular weight excluding hydrogens is 276 g/mol. The lowest BCUT2D eigenvalue weighted by Crippen LogP contribution is -1.85. The van der Waals surface area contributed by atoms with Gasteiger partial charge in [-0.2, -0.15) is 0 Å². The summed E-state index contributed by atoms with van der Waals surface area (Å²) in [5.41, 5.74) is 2.97. The number of rotatable bonds is 1. The second kappa shape index (κ2) is 4.26. The molecule has 17 heavy (non-hydrogen) atoms. The third kappa shape index (κ3) is 2.06. The Morgan fingerprint density at radius 2 is 1.88 bits per heavy atom. The number of benzene rings is 1. The molecule has 0 aliphatic carbocycles. The van der Waals surface area contributed by atoms with Crippen LogP contribution in [0, 0.1) is 0 Å². The van der Waals surface area contributed by atoms with E-state index in [-0.39, 0.29) is 0 Å². The Bertz CT molecular complexity index is 665. The number of aromatic nitrogens is 2. The van der Waals surface area contributed by atoms with Crippen molar-refractivity contribution in [2.75, 3.05) is 0 Å². The molecule has 0 unspecified atom stereocenters. The highest BCUT2D eigenvalue weighted by Crippen LogP contribution is 2.22. The topological polar surface area (TPSA) is 25.8 Å². The minimum absolute atomic E-state index is 0.948. The number of pyridine rings is 2. The standard InChI is InChI=1S/C14H9BrN2/c15-12-5-3-10-4-6-13(17-14(10)8-12)11-2-1-7-16-9-11/h1-9H. The average molecular weight is 285 g/mol.